The second-order valence-corrected chi connectivity index (χ2v) is 6.87. The Kier molecular flexibility index (Phi) is 5.85. The molecule has 1 aliphatic rings. The number of likely N-dealkylation sites (tertiary alicyclic amines) is 1. The first kappa shape index (κ1) is 18.4. The number of rotatable bonds is 6. The fourth-order valence-electron chi connectivity index (χ4n) is 3.63. The largest absolute Gasteiger partial charge is 0.392 e. The van der Waals surface area contributed by atoms with Crippen LogP contribution in [0.25, 0.3) is 0 Å². The van der Waals surface area contributed by atoms with Gasteiger partial charge in [-0.15, -0.1) is 0 Å². The van der Waals surface area contributed by atoms with Crippen LogP contribution in [0, 0.1) is 10.1 Å². The van der Waals surface area contributed by atoms with Gasteiger partial charge in [0.05, 0.1) is 11.5 Å². The Morgan fingerprint density at radius 2 is 2.00 bits per heavy atom. The molecule has 0 aliphatic carbocycles. The van der Waals surface area contributed by atoms with Crippen LogP contribution < -0.4 is 4.90 Å². The van der Waals surface area contributed by atoms with E-state index in [9.17, 15) is 15.2 Å². The third-order valence-corrected chi connectivity index (χ3v) is 5.08. The Morgan fingerprint density at radius 3 is 2.69 bits per heavy atom. The third-order valence-electron chi connectivity index (χ3n) is 5.08. The number of nitro benzene ring substituents is 1. The van der Waals surface area contributed by atoms with Gasteiger partial charge >= 0.3 is 0 Å². The first-order valence-corrected chi connectivity index (χ1v) is 8.96. The lowest BCUT2D eigenvalue weighted by molar-refractivity contribution is -0.384. The predicted octanol–water partition coefficient (Wildman–Crippen LogP) is 3.19. The van der Waals surface area contributed by atoms with Gasteiger partial charge in [-0.1, -0.05) is 30.3 Å². The van der Waals surface area contributed by atoms with E-state index in [2.05, 4.69) is 17.0 Å². The van der Waals surface area contributed by atoms with Crippen LogP contribution in [0.1, 0.15) is 24.0 Å². The smallest absolute Gasteiger partial charge is 0.292 e. The molecule has 2 aromatic carbocycles. The van der Waals surface area contributed by atoms with Crippen LogP contribution in [-0.2, 0) is 13.2 Å². The van der Waals surface area contributed by atoms with Gasteiger partial charge < -0.3 is 10.0 Å². The van der Waals surface area contributed by atoms with Crippen LogP contribution in [-0.4, -0.2) is 41.1 Å². The van der Waals surface area contributed by atoms with Crippen molar-refractivity contribution in [2.45, 2.75) is 32.0 Å². The number of aliphatic hydroxyl groups is 1. The van der Waals surface area contributed by atoms with Crippen molar-refractivity contribution in [3.63, 3.8) is 0 Å². The van der Waals surface area contributed by atoms with Crippen LogP contribution in [0.4, 0.5) is 11.4 Å². The number of benzene rings is 2. The molecule has 1 N–H and O–H groups in total. The quantitative estimate of drug-likeness (QED) is 0.636. The molecule has 138 valence electrons. The third kappa shape index (κ3) is 4.20. The number of nitrogens with zero attached hydrogens (tertiary/aromatic N) is 3. The molecule has 0 aromatic heterocycles. The molecule has 1 aliphatic heterocycles. The number of hydrogen-bond donors (Lipinski definition) is 1. The first-order chi connectivity index (χ1) is 12.6. The lowest BCUT2D eigenvalue weighted by Crippen LogP contribution is -2.46. The van der Waals surface area contributed by atoms with Crippen molar-refractivity contribution in [1.82, 2.24) is 4.90 Å². The number of piperidine rings is 1. The maximum atomic E-state index is 11.4. The van der Waals surface area contributed by atoms with Gasteiger partial charge in [-0.05, 0) is 42.6 Å². The zero-order valence-electron chi connectivity index (χ0n) is 15.0. The van der Waals surface area contributed by atoms with E-state index >= 15 is 0 Å². The van der Waals surface area contributed by atoms with Gasteiger partial charge in [0.1, 0.15) is 5.69 Å². The van der Waals surface area contributed by atoms with Gasteiger partial charge in [0.15, 0.2) is 0 Å². The molecule has 0 saturated carbocycles. The molecule has 0 radical (unpaired) electrons. The Balaban J connectivity index is 1.76. The number of nitro groups is 1. The molecule has 0 bridgehead atoms. The highest BCUT2D eigenvalue weighted by Gasteiger charge is 2.27. The normalized spacial score (nSPS) is 17.8. The van der Waals surface area contributed by atoms with Gasteiger partial charge in [0, 0.05) is 32.2 Å². The highest BCUT2D eigenvalue weighted by Crippen LogP contribution is 2.32. The molecule has 1 saturated heterocycles. The summed E-state index contributed by atoms with van der Waals surface area (Å²) >= 11 is 0. The molecular weight excluding hydrogens is 330 g/mol. The van der Waals surface area contributed by atoms with Crippen molar-refractivity contribution in [3.05, 3.63) is 69.8 Å². The zero-order chi connectivity index (χ0) is 18.5. The van der Waals surface area contributed by atoms with E-state index in [0.29, 0.717) is 11.3 Å². The van der Waals surface area contributed by atoms with Gasteiger partial charge in [0.2, 0.25) is 0 Å². The second-order valence-electron chi connectivity index (χ2n) is 6.87. The highest BCUT2D eigenvalue weighted by molar-refractivity contribution is 5.64. The SMILES string of the molecule is CN(c1cc(CO)ccc1[N+](=O)[O-])C1CCCN(Cc2ccccc2)C1. The Labute approximate surface area is 153 Å². The molecule has 1 unspecified atom stereocenters. The van der Waals surface area contributed by atoms with E-state index in [1.165, 1.54) is 11.6 Å². The second kappa shape index (κ2) is 8.29. The molecule has 0 amide bonds. The molecule has 0 spiro atoms. The average Bonchev–Trinajstić information content (AvgIpc) is 2.67. The molecule has 1 fully saturated rings. The molecule has 2 aromatic rings. The van der Waals surface area contributed by atoms with E-state index in [4.69, 9.17) is 0 Å². The fraction of sp³-hybridized carbons (Fsp3) is 0.400. The maximum Gasteiger partial charge on any atom is 0.292 e. The van der Waals surface area contributed by atoms with Crippen molar-refractivity contribution < 1.29 is 10.0 Å². The van der Waals surface area contributed by atoms with Crippen LogP contribution in [0.5, 0.6) is 0 Å². The summed E-state index contributed by atoms with van der Waals surface area (Å²) in [5, 5.41) is 20.8. The number of likely N-dealkylation sites (N-methyl/N-ethyl adjacent to an activating group) is 1. The summed E-state index contributed by atoms with van der Waals surface area (Å²) in [6.07, 6.45) is 2.07. The average molecular weight is 355 g/mol. The molecular formula is C20H25N3O3. The summed E-state index contributed by atoms with van der Waals surface area (Å²) in [7, 11) is 1.92. The van der Waals surface area contributed by atoms with Crippen LogP contribution in [0.3, 0.4) is 0 Å². The molecule has 26 heavy (non-hydrogen) atoms. The first-order valence-electron chi connectivity index (χ1n) is 8.96. The fourth-order valence-corrected chi connectivity index (χ4v) is 3.63. The van der Waals surface area contributed by atoms with E-state index in [-0.39, 0.29) is 23.3 Å². The topological polar surface area (TPSA) is 69.8 Å². The minimum atomic E-state index is -0.350. The number of anilines is 1. The van der Waals surface area contributed by atoms with Crippen molar-refractivity contribution in [1.29, 1.82) is 0 Å². The summed E-state index contributed by atoms with van der Waals surface area (Å²) in [6, 6.07) is 15.4. The van der Waals surface area contributed by atoms with Crippen LogP contribution in [0.2, 0.25) is 0 Å². The predicted molar refractivity (Wildman–Crippen MR) is 102 cm³/mol. The molecule has 6 nitrogen and oxygen atoms in total. The van der Waals surface area contributed by atoms with Gasteiger partial charge in [-0.25, -0.2) is 0 Å². The molecule has 3 rings (SSSR count). The summed E-state index contributed by atoms with van der Waals surface area (Å²) in [5.41, 5.74) is 2.64. The Hall–Kier alpha value is -2.44. The van der Waals surface area contributed by atoms with Crippen molar-refractivity contribution in [3.8, 4) is 0 Å². The van der Waals surface area contributed by atoms with Crippen LogP contribution >= 0.6 is 0 Å². The lowest BCUT2D eigenvalue weighted by atomic mass is 10.0. The summed E-state index contributed by atoms with van der Waals surface area (Å²) < 4.78 is 0. The molecule has 1 atom stereocenters. The van der Waals surface area contributed by atoms with Crippen LogP contribution in [0.15, 0.2) is 48.5 Å². The van der Waals surface area contributed by atoms with Crippen molar-refractivity contribution in [2.75, 3.05) is 25.0 Å². The Bertz CT molecular complexity index is 751. The van der Waals surface area contributed by atoms with Gasteiger partial charge in [-0.3, -0.25) is 15.0 Å². The summed E-state index contributed by atoms with van der Waals surface area (Å²) in [6.45, 7) is 2.68. The minimum absolute atomic E-state index is 0.0879. The number of aliphatic hydroxyl groups excluding tert-OH is 1. The molecule has 6 heteroatoms. The van der Waals surface area contributed by atoms with E-state index in [1.807, 2.05) is 30.1 Å². The minimum Gasteiger partial charge on any atom is -0.392 e. The maximum absolute atomic E-state index is 11.4. The number of hydrogen-bond acceptors (Lipinski definition) is 5. The van der Waals surface area contributed by atoms with E-state index in [0.717, 1.165) is 32.5 Å². The summed E-state index contributed by atoms with van der Waals surface area (Å²) in [4.78, 5) is 15.5. The highest BCUT2D eigenvalue weighted by atomic mass is 16.6. The molecule has 1 heterocycles. The zero-order valence-corrected chi connectivity index (χ0v) is 15.0. The van der Waals surface area contributed by atoms with E-state index in [1.54, 1.807) is 12.1 Å². The van der Waals surface area contributed by atoms with E-state index < -0.39 is 0 Å². The lowest BCUT2D eigenvalue weighted by Gasteiger charge is -2.38. The van der Waals surface area contributed by atoms with Crippen molar-refractivity contribution >= 4 is 11.4 Å². The van der Waals surface area contributed by atoms with Gasteiger partial charge in [-0.2, -0.15) is 0 Å². The summed E-state index contributed by atoms with van der Waals surface area (Å²) in [5.74, 6) is 0. The van der Waals surface area contributed by atoms with Gasteiger partial charge in [0.25, 0.3) is 5.69 Å². The monoisotopic (exact) mass is 355 g/mol. The standard InChI is InChI=1S/C20H25N3O3/c1-21(20-12-17(15-24)9-10-19(20)23(25)26)18-8-5-11-22(14-18)13-16-6-3-2-4-7-16/h2-4,6-7,9-10,12,18,24H,5,8,11,13-15H2,1H3. The van der Waals surface area contributed by atoms with Crippen molar-refractivity contribution in [2.24, 2.45) is 0 Å². The Morgan fingerprint density at radius 1 is 1.23 bits per heavy atom.